The Morgan fingerprint density at radius 1 is 1.18 bits per heavy atom. The molecule has 0 atom stereocenters. The highest BCUT2D eigenvalue weighted by Crippen LogP contribution is 2.23. The number of nitrogens with one attached hydrogen (secondary N) is 2. The first-order valence-corrected chi connectivity index (χ1v) is 8.45. The average Bonchev–Trinajstić information content (AvgIpc) is 2.65. The second-order valence-electron chi connectivity index (χ2n) is 6.36. The molecule has 3 N–H and O–H groups in total. The number of amides is 1. The van der Waals surface area contributed by atoms with Crippen LogP contribution in [0, 0.1) is 6.92 Å². The van der Waals surface area contributed by atoms with Crippen molar-refractivity contribution in [1.82, 2.24) is 9.97 Å². The fraction of sp³-hybridized carbons (Fsp3) is 0.100. The minimum Gasteiger partial charge on any atom is -0.508 e. The SMILES string of the molecule is Cc1c(CC(=O)Nc2ccc3nc[nH]c(=O)c3c2)c(=O)oc2cc(O)ccc12. The van der Waals surface area contributed by atoms with Gasteiger partial charge in [0.15, 0.2) is 0 Å². The lowest BCUT2D eigenvalue weighted by atomic mass is 10.0. The van der Waals surface area contributed by atoms with E-state index in [2.05, 4.69) is 15.3 Å². The molecule has 0 bridgehead atoms. The Morgan fingerprint density at radius 2 is 2.00 bits per heavy atom. The number of carbonyl (C=O) groups is 1. The van der Waals surface area contributed by atoms with Crippen molar-refractivity contribution < 1.29 is 14.3 Å². The summed E-state index contributed by atoms with van der Waals surface area (Å²) in [5.41, 5.74) is 1.09. The fourth-order valence-electron chi connectivity index (χ4n) is 3.10. The second kappa shape index (κ2) is 6.66. The van der Waals surface area contributed by atoms with E-state index < -0.39 is 11.5 Å². The summed E-state index contributed by atoms with van der Waals surface area (Å²) in [5.74, 6) is -0.436. The van der Waals surface area contributed by atoms with Gasteiger partial charge >= 0.3 is 5.63 Å². The summed E-state index contributed by atoms with van der Waals surface area (Å²) in [6.07, 6.45) is 1.12. The van der Waals surface area contributed by atoms with Gasteiger partial charge in [0.05, 0.1) is 29.2 Å². The summed E-state index contributed by atoms with van der Waals surface area (Å²) >= 11 is 0. The predicted octanol–water partition coefficient (Wildman–Crippen LogP) is 2.22. The van der Waals surface area contributed by atoms with Crippen molar-refractivity contribution in [2.75, 3.05) is 5.32 Å². The lowest BCUT2D eigenvalue weighted by molar-refractivity contribution is -0.115. The number of rotatable bonds is 3. The Bertz CT molecular complexity index is 1350. The monoisotopic (exact) mass is 377 g/mol. The third-order valence-corrected chi connectivity index (χ3v) is 4.53. The van der Waals surface area contributed by atoms with E-state index in [1.807, 2.05) is 0 Å². The molecule has 8 nitrogen and oxygen atoms in total. The number of anilines is 1. The number of aromatic amines is 1. The zero-order chi connectivity index (χ0) is 19.8. The second-order valence-corrected chi connectivity index (χ2v) is 6.36. The number of phenolic OH excluding ortho intramolecular Hbond substituents is 1. The molecule has 0 radical (unpaired) electrons. The van der Waals surface area contributed by atoms with E-state index in [1.54, 1.807) is 25.1 Å². The van der Waals surface area contributed by atoms with Crippen LogP contribution in [0.15, 0.2) is 56.7 Å². The molecule has 4 rings (SSSR count). The number of aryl methyl sites for hydroxylation is 1. The van der Waals surface area contributed by atoms with Crippen LogP contribution in [-0.2, 0) is 11.2 Å². The first-order chi connectivity index (χ1) is 13.4. The Labute approximate surface area is 157 Å². The van der Waals surface area contributed by atoms with Gasteiger partial charge in [0.2, 0.25) is 5.91 Å². The summed E-state index contributed by atoms with van der Waals surface area (Å²) in [6.45, 7) is 1.72. The molecule has 0 saturated carbocycles. The van der Waals surface area contributed by atoms with E-state index in [0.29, 0.717) is 27.5 Å². The van der Waals surface area contributed by atoms with Crippen LogP contribution in [0.25, 0.3) is 21.9 Å². The Kier molecular flexibility index (Phi) is 4.15. The normalized spacial score (nSPS) is 11.0. The largest absolute Gasteiger partial charge is 0.508 e. The van der Waals surface area contributed by atoms with Gasteiger partial charge in [-0.25, -0.2) is 9.78 Å². The quantitative estimate of drug-likeness (QED) is 0.470. The smallest absolute Gasteiger partial charge is 0.340 e. The predicted molar refractivity (Wildman–Crippen MR) is 104 cm³/mol. The molecule has 0 saturated heterocycles. The van der Waals surface area contributed by atoms with Gasteiger partial charge in [0, 0.05) is 17.1 Å². The molecule has 0 unspecified atom stereocenters. The summed E-state index contributed by atoms with van der Waals surface area (Å²) in [7, 11) is 0. The van der Waals surface area contributed by atoms with Crippen molar-refractivity contribution in [1.29, 1.82) is 0 Å². The number of carbonyl (C=O) groups excluding carboxylic acids is 1. The van der Waals surface area contributed by atoms with E-state index >= 15 is 0 Å². The van der Waals surface area contributed by atoms with Gasteiger partial charge < -0.3 is 19.8 Å². The molecule has 28 heavy (non-hydrogen) atoms. The van der Waals surface area contributed by atoms with E-state index in [4.69, 9.17) is 4.42 Å². The standard InChI is InChI=1S/C20H15N3O5/c1-10-13-4-3-12(24)7-17(13)28-20(27)14(10)8-18(25)23-11-2-5-16-15(6-11)19(26)22-9-21-16/h2-7,9,24H,8H2,1H3,(H,23,25)(H,21,22,26). The van der Waals surface area contributed by atoms with Crippen LogP contribution in [0.1, 0.15) is 11.1 Å². The van der Waals surface area contributed by atoms with Crippen LogP contribution in [-0.4, -0.2) is 21.0 Å². The molecule has 2 aromatic carbocycles. The minimum absolute atomic E-state index is 0.0127. The summed E-state index contributed by atoms with van der Waals surface area (Å²) in [6, 6.07) is 9.26. The molecule has 1 amide bonds. The number of hydrogen-bond acceptors (Lipinski definition) is 6. The van der Waals surface area contributed by atoms with Gasteiger partial charge in [-0.2, -0.15) is 0 Å². The average molecular weight is 377 g/mol. The maximum atomic E-state index is 12.5. The van der Waals surface area contributed by atoms with Crippen molar-refractivity contribution in [2.24, 2.45) is 0 Å². The number of aromatic nitrogens is 2. The topological polar surface area (TPSA) is 125 Å². The van der Waals surface area contributed by atoms with Crippen LogP contribution >= 0.6 is 0 Å². The number of benzene rings is 2. The molecule has 0 aliphatic heterocycles. The van der Waals surface area contributed by atoms with Crippen molar-refractivity contribution in [3.05, 3.63) is 74.6 Å². The van der Waals surface area contributed by atoms with Crippen LogP contribution in [0.5, 0.6) is 5.75 Å². The molecule has 0 fully saturated rings. The van der Waals surface area contributed by atoms with Crippen molar-refractivity contribution in [3.8, 4) is 5.75 Å². The van der Waals surface area contributed by atoms with E-state index in [-0.39, 0.29) is 28.9 Å². The fourth-order valence-corrected chi connectivity index (χ4v) is 3.10. The molecule has 2 heterocycles. The van der Waals surface area contributed by atoms with Crippen molar-refractivity contribution in [2.45, 2.75) is 13.3 Å². The van der Waals surface area contributed by atoms with Crippen LogP contribution in [0.2, 0.25) is 0 Å². The molecule has 0 aliphatic carbocycles. The molecular weight excluding hydrogens is 362 g/mol. The van der Waals surface area contributed by atoms with Gasteiger partial charge in [-0.15, -0.1) is 0 Å². The third kappa shape index (κ3) is 3.11. The van der Waals surface area contributed by atoms with Crippen LogP contribution in [0.4, 0.5) is 5.69 Å². The number of fused-ring (bicyclic) bond motifs is 2. The first kappa shape index (κ1) is 17.5. The zero-order valence-corrected chi connectivity index (χ0v) is 14.8. The summed E-state index contributed by atoms with van der Waals surface area (Å²) < 4.78 is 5.23. The molecule has 2 aromatic heterocycles. The number of hydrogen-bond donors (Lipinski definition) is 3. The van der Waals surface area contributed by atoms with Gasteiger partial charge in [-0.1, -0.05) is 0 Å². The number of H-pyrrole nitrogens is 1. The molecule has 0 aliphatic rings. The highest BCUT2D eigenvalue weighted by Gasteiger charge is 2.15. The van der Waals surface area contributed by atoms with Crippen molar-refractivity contribution in [3.63, 3.8) is 0 Å². The Hall–Kier alpha value is -3.94. The lowest BCUT2D eigenvalue weighted by Gasteiger charge is -2.09. The highest BCUT2D eigenvalue weighted by molar-refractivity contribution is 5.95. The Balaban J connectivity index is 1.64. The molecular formula is C20H15N3O5. The van der Waals surface area contributed by atoms with E-state index in [1.165, 1.54) is 24.5 Å². The van der Waals surface area contributed by atoms with Crippen LogP contribution < -0.4 is 16.5 Å². The van der Waals surface area contributed by atoms with Gasteiger partial charge in [-0.3, -0.25) is 9.59 Å². The molecule has 140 valence electrons. The number of nitrogens with zero attached hydrogens (tertiary/aromatic N) is 1. The van der Waals surface area contributed by atoms with Gasteiger partial charge in [0.25, 0.3) is 5.56 Å². The number of phenols is 1. The zero-order valence-electron chi connectivity index (χ0n) is 14.8. The molecule has 8 heteroatoms. The summed E-state index contributed by atoms with van der Waals surface area (Å²) in [4.78, 5) is 43.1. The number of aromatic hydroxyl groups is 1. The maximum Gasteiger partial charge on any atom is 0.340 e. The third-order valence-electron chi connectivity index (χ3n) is 4.53. The molecule has 0 spiro atoms. The lowest BCUT2D eigenvalue weighted by Crippen LogP contribution is -2.20. The summed E-state index contributed by atoms with van der Waals surface area (Å²) in [5, 5.41) is 13.2. The minimum atomic E-state index is -0.634. The maximum absolute atomic E-state index is 12.5. The van der Waals surface area contributed by atoms with E-state index in [9.17, 15) is 19.5 Å². The molecule has 4 aromatic rings. The Morgan fingerprint density at radius 3 is 2.82 bits per heavy atom. The van der Waals surface area contributed by atoms with Crippen molar-refractivity contribution >= 4 is 33.5 Å². The van der Waals surface area contributed by atoms with Gasteiger partial charge in [-0.05, 0) is 42.8 Å². The van der Waals surface area contributed by atoms with Gasteiger partial charge in [0.1, 0.15) is 11.3 Å². The first-order valence-electron chi connectivity index (χ1n) is 8.45. The van der Waals surface area contributed by atoms with Crippen LogP contribution in [0.3, 0.4) is 0 Å². The highest BCUT2D eigenvalue weighted by atomic mass is 16.4. The van der Waals surface area contributed by atoms with E-state index in [0.717, 1.165) is 0 Å².